The van der Waals surface area contributed by atoms with Gasteiger partial charge in [0.15, 0.2) is 8.68 Å². The van der Waals surface area contributed by atoms with Crippen molar-refractivity contribution < 1.29 is 4.74 Å². The summed E-state index contributed by atoms with van der Waals surface area (Å²) < 4.78 is 7.80. The Morgan fingerprint density at radius 1 is 1.25 bits per heavy atom. The number of nitrogens with two attached hydrogens (primary N) is 1. The molecule has 0 amide bonds. The zero-order valence-corrected chi connectivity index (χ0v) is 13.7. The number of benzene rings is 1. The van der Waals surface area contributed by atoms with Crippen LogP contribution in [0.25, 0.3) is 0 Å². The summed E-state index contributed by atoms with van der Waals surface area (Å²) in [6, 6.07) is 7.90. The van der Waals surface area contributed by atoms with E-state index in [-0.39, 0.29) is 0 Å². The highest BCUT2D eigenvalue weighted by atomic mass is 32.2. The second kappa shape index (κ2) is 8.51. The molecule has 1 aromatic heterocycles. The number of thioether (sulfide) groups is 2. The van der Waals surface area contributed by atoms with Crippen LogP contribution in [0.15, 0.2) is 32.9 Å². The number of ether oxygens (including phenoxy) is 1. The highest BCUT2D eigenvalue weighted by molar-refractivity contribution is 8.02. The molecule has 1 aromatic carbocycles. The van der Waals surface area contributed by atoms with Gasteiger partial charge in [0.1, 0.15) is 5.75 Å². The molecule has 2 aromatic rings. The first-order valence-electron chi connectivity index (χ1n) is 6.24. The topological polar surface area (TPSA) is 61.0 Å². The van der Waals surface area contributed by atoms with E-state index in [1.807, 2.05) is 30.5 Å². The van der Waals surface area contributed by atoms with Crippen molar-refractivity contribution in [2.24, 2.45) is 5.73 Å². The molecule has 7 heteroatoms. The van der Waals surface area contributed by atoms with Gasteiger partial charge in [0.25, 0.3) is 0 Å². The summed E-state index contributed by atoms with van der Waals surface area (Å²) in [4.78, 5) is 0. The predicted octanol–water partition coefficient (Wildman–Crippen LogP) is 3.28. The van der Waals surface area contributed by atoms with E-state index >= 15 is 0 Å². The minimum absolute atomic E-state index is 0.507. The Hall–Kier alpha value is -0.760. The first kappa shape index (κ1) is 15.6. The molecule has 0 fully saturated rings. The highest BCUT2D eigenvalue weighted by Gasteiger charge is 2.04. The monoisotopic (exact) mass is 327 g/mol. The molecule has 0 unspecified atom stereocenters. The Bertz CT molecular complexity index is 533. The molecule has 0 aliphatic rings. The summed E-state index contributed by atoms with van der Waals surface area (Å²) in [5.74, 6) is 1.87. The molecule has 0 saturated heterocycles. The van der Waals surface area contributed by atoms with Crippen LogP contribution < -0.4 is 10.5 Å². The molecule has 0 spiro atoms. The first-order chi connectivity index (χ1) is 9.83. The van der Waals surface area contributed by atoms with Gasteiger partial charge in [-0.25, -0.2) is 0 Å². The van der Waals surface area contributed by atoms with Crippen molar-refractivity contribution >= 4 is 34.9 Å². The third-order valence-corrected chi connectivity index (χ3v) is 5.65. The molecular formula is C13H17N3OS3. The average molecular weight is 328 g/mol. The highest BCUT2D eigenvalue weighted by Crippen LogP contribution is 2.27. The molecule has 0 aliphatic heterocycles. The SMILES string of the molecule is CSc1nnc(SCCCOc2ccccc2CN)s1. The largest absolute Gasteiger partial charge is 0.493 e. The Kier molecular flexibility index (Phi) is 6.65. The van der Waals surface area contributed by atoms with E-state index < -0.39 is 0 Å². The van der Waals surface area contributed by atoms with Crippen molar-refractivity contribution in [2.45, 2.75) is 21.6 Å². The lowest BCUT2D eigenvalue weighted by Crippen LogP contribution is -2.04. The molecular weight excluding hydrogens is 310 g/mol. The number of para-hydroxylation sites is 1. The number of hydrogen-bond donors (Lipinski definition) is 1. The van der Waals surface area contributed by atoms with Crippen LogP contribution in [0.2, 0.25) is 0 Å². The maximum absolute atomic E-state index is 5.76. The summed E-state index contributed by atoms with van der Waals surface area (Å²) in [6.45, 7) is 1.20. The molecule has 0 aliphatic carbocycles. The quantitative estimate of drug-likeness (QED) is 0.593. The summed E-state index contributed by atoms with van der Waals surface area (Å²) >= 11 is 5.00. The maximum atomic E-state index is 5.76. The van der Waals surface area contributed by atoms with Gasteiger partial charge in [-0.05, 0) is 18.7 Å². The molecule has 1 heterocycles. The van der Waals surface area contributed by atoms with Gasteiger partial charge in [0, 0.05) is 17.9 Å². The number of aromatic nitrogens is 2. The molecule has 0 atom stereocenters. The van der Waals surface area contributed by atoms with Gasteiger partial charge < -0.3 is 10.5 Å². The molecule has 0 saturated carbocycles. The third kappa shape index (κ3) is 4.66. The van der Waals surface area contributed by atoms with E-state index in [2.05, 4.69) is 10.2 Å². The van der Waals surface area contributed by atoms with Gasteiger partial charge in [-0.1, -0.05) is 53.1 Å². The van der Waals surface area contributed by atoms with E-state index in [1.54, 1.807) is 34.9 Å². The summed E-state index contributed by atoms with van der Waals surface area (Å²) in [6.07, 6.45) is 2.98. The summed E-state index contributed by atoms with van der Waals surface area (Å²) in [7, 11) is 0. The molecule has 108 valence electrons. The fourth-order valence-corrected chi connectivity index (χ4v) is 3.97. The van der Waals surface area contributed by atoms with E-state index in [4.69, 9.17) is 10.5 Å². The van der Waals surface area contributed by atoms with Gasteiger partial charge in [-0.3, -0.25) is 0 Å². The fraction of sp³-hybridized carbons (Fsp3) is 0.385. The molecule has 20 heavy (non-hydrogen) atoms. The zero-order valence-electron chi connectivity index (χ0n) is 11.2. The fourth-order valence-electron chi connectivity index (χ4n) is 1.55. The molecule has 0 bridgehead atoms. The van der Waals surface area contributed by atoms with Gasteiger partial charge >= 0.3 is 0 Å². The third-order valence-electron chi connectivity index (χ3n) is 2.53. The van der Waals surface area contributed by atoms with Gasteiger partial charge in [0.2, 0.25) is 0 Å². The molecule has 2 N–H and O–H groups in total. The molecule has 4 nitrogen and oxygen atoms in total. The van der Waals surface area contributed by atoms with Crippen LogP contribution in [0, 0.1) is 0 Å². The van der Waals surface area contributed by atoms with Gasteiger partial charge in [-0.2, -0.15) is 0 Å². The van der Waals surface area contributed by atoms with E-state index in [0.717, 1.165) is 32.2 Å². The van der Waals surface area contributed by atoms with Crippen LogP contribution in [-0.2, 0) is 6.54 Å². The van der Waals surface area contributed by atoms with Gasteiger partial charge in [-0.15, -0.1) is 10.2 Å². The lowest BCUT2D eigenvalue weighted by molar-refractivity contribution is 0.315. The lowest BCUT2D eigenvalue weighted by Gasteiger charge is -2.09. The Labute approximate surface area is 131 Å². The van der Waals surface area contributed by atoms with Crippen LogP contribution in [-0.4, -0.2) is 28.8 Å². The van der Waals surface area contributed by atoms with Crippen LogP contribution in [0.4, 0.5) is 0 Å². The zero-order chi connectivity index (χ0) is 14.2. The second-order valence-electron chi connectivity index (χ2n) is 3.90. The van der Waals surface area contributed by atoms with Crippen molar-refractivity contribution in [1.82, 2.24) is 10.2 Å². The van der Waals surface area contributed by atoms with E-state index in [0.29, 0.717) is 13.2 Å². The van der Waals surface area contributed by atoms with Crippen molar-refractivity contribution in [2.75, 3.05) is 18.6 Å². The minimum Gasteiger partial charge on any atom is -0.493 e. The van der Waals surface area contributed by atoms with Crippen LogP contribution in [0.5, 0.6) is 5.75 Å². The van der Waals surface area contributed by atoms with E-state index in [9.17, 15) is 0 Å². The number of rotatable bonds is 8. The Morgan fingerprint density at radius 2 is 2.05 bits per heavy atom. The Morgan fingerprint density at radius 3 is 2.80 bits per heavy atom. The number of nitrogens with zero attached hydrogens (tertiary/aromatic N) is 2. The minimum atomic E-state index is 0.507. The maximum Gasteiger partial charge on any atom is 0.175 e. The van der Waals surface area contributed by atoms with E-state index in [1.165, 1.54) is 0 Å². The Balaban J connectivity index is 1.68. The van der Waals surface area contributed by atoms with Crippen LogP contribution >= 0.6 is 34.9 Å². The van der Waals surface area contributed by atoms with Crippen molar-refractivity contribution in [3.05, 3.63) is 29.8 Å². The second-order valence-corrected chi connectivity index (χ2v) is 7.27. The standard InChI is InChI=1S/C13H17N3OS3/c1-18-12-15-16-13(20-12)19-8-4-7-17-11-6-3-2-5-10(11)9-14/h2-3,5-6H,4,7-9,14H2,1H3. The smallest absolute Gasteiger partial charge is 0.175 e. The van der Waals surface area contributed by atoms with Gasteiger partial charge in [0.05, 0.1) is 6.61 Å². The molecule has 2 rings (SSSR count). The number of hydrogen-bond acceptors (Lipinski definition) is 7. The van der Waals surface area contributed by atoms with Crippen molar-refractivity contribution in [3.8, 4) is 5.75 Å². The van der Waals surface area contributed by atoms with Crippen molar-refractivity contribution in [3.63, 3.8) is 0 Å². The predicted molar refractivity (Wildman–Crippen MR) is 86.9 cm³/mol. The summed E-state index contributed by atoms with van der Waals surface area (Å²) in [5, 5.41) is 8.19. The first-order valence-corrected chi connectivity index (χ1v) is 9.27. The normalized spacial score (nSPS) is 10.7. The van der Waals surface area contributed by atoms with Crippen molar-refractivity contribution in [1.29, 1.82) is 0 Å². The summed E-state index contributed by atoms with van der Waals surface area (Å²) in [5.41, 5.74) is 6.72. The van der Waals surface area contributed by atoms with Crippen LogP contribution in [0.3, 0.4) is 0 Å². The van der Waals surface area contributed by atoms with Crippen LogP contribution in [0.1, 0.15) is 12.0 Å². The average Bonchev–Trinajstić information content (AvgIpc) is 2.95. The lowest BCUT2D eigenvalue weighted by atomic mass is 10.2. The molecule has 0 radical (unpaired) electrons.